The Kier molecular flexibility index (Phi) is 3.70. The lowest BCUT2D eigenvalue weighted by molar-refractivity contribution is -0.206. The normalized spacial score (nSPS) is 24.2. The summed E-state index contributed by atoms with van der Waals surface area (Å²) >= 11 is 0. The maximum absolute atomic E-state index is 6.22. The number of para-hydroxylation sites is 1. The fraction of sp³-hybridized carbons (Fsp3) is 0.333. The number of hydrogen-bond donors (Lipinski definition) is 0. The molecule has 0 aliphatic carbocycles. The van der Waals surface area contributed by atoms with E-state index < -0.39 is 5.79 Å². The zero-order valence-corrected chi connectivity index (χ0v) is 12.6. The topological polar surface area (TPSA) is 27.7 Å². The van der Waals surface area contributed by atoms with Crippen LogP contribution in [0.2, 0.25) is 0 Å². The summed E-state index contributed by atoms with van der Waals surface area (Å²) in [5.41, 5.74) is 3.29. The third-order valence-corrected chi connectivity index (χ3v) is 4.10. The zero-order valence-electron chi connectivity index (χ0n) is 12.6. The Balaban J connectivity index is 2.06. The second kappa shape index (κ2) is 5.51. The van der Waals surface area contributed by atoms with E-state index in [2.05, 4.69) is 31.2 Å². The SMILES string of the molecule is COC1CC(OC)(c2ccc(C)cc2)Oc2ccccc21. The standard InChI is InChI=1S/C18H20O3/c1-13-8-10-14(11-9-13)18(20-3)12-17(19-2)15-6-4-5-7-16(15)21-18/h4-11,17H,12H2,1-3H3. The van der Waals surface area contributed by atoms with Gasteiger partial charge in [0.25, 0.3) is 0 Å². The van der Waals surface area contributed by atoms with Gasteiger partial charge >= 0.3 is 0 Å². The molecule has 0 saturated heterocycles. The first kappa shape index (κ1) is 14.1. The van der Waals surface area contributed by atoms with Crippen molar-refractivity contribution >= 4 is 0 Å². The van der Waals surface area contributed by atoms with Crippen LogP contribution in [0.15, 0.2) is 48.5 Å². The van der Waals surface area contributed by atoms with Crippen LogP contribution in [-0.2, 0) is 15.3 Å². The first-order chi connectivity index (χ1) is 10.2. The first-order valence-corrected chi connectivity index (χ1v) is 7.11. The molecule has 3 heteroatoms. The monoisotopic (exact) mass is 284 g/mol. The molecular formula is C18H20O3. The number of rotatable bonds is 3. The number of ether oxygens (including phenoxy) is 3. The van der Waals surface area contributed by atoms with E-state index in [1.165, 1.54) is 5.56 Å². The maximum Gasteiger partial charge on any atom is 0.239 e. The van der Waals surface area contributed by atoms with Crippen LogP contribution in [0.3, 0.4) is 0 Å². The van der Waals surface area contributed by atoms with Gasteiger partial charge in [-0.1, -0.05) is 48.0 Å². The minimum Gasteiger partial charge on any atom is -0.458 e. The molecule has 3 nitrogen and oxygen atoms in total. The van der Waals surface area contributed by atoms with Gasteiger partial charge in [-0.2, -0.15) is 0 Å². The average Bonchev–Trinajstić information content (AvgIpc) is 2.54. The van der Waals surface area contributed by atoms with E-state index >= 15 is 0 Å². The molecule has 2 aromatic carbocycles. The van der Waals surface area contributed by atoms with Crippen molar-refractivity contribution in [2.75, 3.05) is 14.2 Å². The number of benzene rings is 2. The minimum absolute atomic E-state index is 0.0452. The third-order valence-electron chi connectivity index (χ3n) is 4.10. The Labute approximate surface area is 125 Å². The van der Waals surface area contributed by atoms with Crippen LogP contribution < -0.4 is 4.74 Å². The summed E-state index contributed by atoms with van der Waals surface area (Å²) in [5, 5.41) is 0. The van der Waals surface area contributed by atoms with Gasteiger partial charge in [-0.3, -0.25) is 0 Å². The predicted molar refractivity (Wildman–Crippen MR) is 81.3 cm³/mol. The maximum atomic E-state index is 6.22. The molecule has 0 aromatic heterocycles. The van der Waals surface area contributed by atoms with Crippen LogP contribution >= 0.6 is 0 Å². The van der Waals surface area contributed by atoms with Gasteiger partial charge in [0.05, 0.1) is 6.10 Å². The molecule has 1 aliphatic heterocycles. The van der Waals surface area contributed by atoms with E-state index in [1.54, 1.807) is 14.2 Å². The highest BCUT2D eigenvalue weighted by molar-refractivity contribution is 5.40. The molecule has 1 heterocycles. The molecule has 0 fully saturated rings. The lowest BCUT2D eigenvalue weighted by Gasteiger charge is -2.40. The van der Waals surface area contributed by atoms with Crippen LogP contribution in [0, 0.1) is 6.92 Å². The number of fused-ring (bicyclic) bond motifs is 1. The highest BCUT2D eigenvalue weighted by Crippen LogP contribution is 2.46. The molecule has 21 heavy (non-hydrogen) atoms. The predicted octanol–water partition coefficient (Wildman–Crippen LogP) is 3.96. The highest BCUT2D eigenvalue weighted by atomic mass is 16.7. The van der Waals surface area contributed by atoms with Gasteiger partial charge in [0.1, 0.15) is 5.75 Å². The van der Waals surface area contributed by atoms with E-state index in [4.69, 9.17) is 14.2 Å². The van der Waals surface area contributed by atoms with Crippen molar-refractivity contribution in [3.8, 4) is 5.75 Å². The van der Waals surface area contributed by atoms with Gasteiger partial charge in [0.15, 0.2) is 0 Å². The summed E-state index contributed by atoms with van der Waals surface area (Å²) < 4.78 is 17.7. The van der Waals surface area contributed by atoms with Crippen molar-refractivity contribution in [3.05, 3.63) is 65.2 Å². The Bertz CT molecular complexity index is 621. The van der Waals surface area contributed by atoms with E-state index in [-0.39, 0.29) is 6.10 Å². The van der Waals surface area contributed by atoms with Crippen molar-refractivity contribution in [2.45, 2.75) is 25.2 Å². The van der Waals surface area contributed by atoms with E-state index in [1.807, 2.05) is 24.3 Å². The second-order valence-electron chi connectivity index (χ2n) is 5.39. The van der Waals surface area contributed by atoms with Crippen LogP contribution in [-0.4, -0.2) is 14.2 Å². The van der Waals surface area contributed by atoms with Crippen LogP contribution in [0.25, 0.3) is 0 Å². The Morgan fingerprint density at radius 1 is 1.05 bits per heavy atom. The van der Waals surface area contributed by atoms with Gasteiger partial charge in [-0.05, 0) is 13.0 Å². The Morgan fingerprint density at radius 3 is 2.43 bits per heavy atom. The summed E-state index contributed by atoms with van der Waals surface area (Å²) in [6, 6.07) is 16.2. The first-order valence-electron chi connectivity index (χ1n) is 7.11. The van der Waals surface area contributed by atoms with Crippen molar-refractivity contribution in [1.82, 2.24) is 0 Å². The van der Waals surface area contributed by atoms with Crippen molar-refractivity contribution in [3.63, 3.8) is 0 Å². The van der Waals surface area contributed by atoms with Gasteiger partial charge < -0.3 is 14.2 Å². The summed E-state index contributed by atoms with van der Waals surface area (Å²) in [6.07, 6.45) is 0.580. The molecule has 0 radical (unpaired) electrons. The molecule has 0 N–H and O–H groups in total. The van der Waals surface area contributed by atoms with Crippen molar-refractivity contribution in [2.24, 2.45) is 0 Å². The molecule has 0 spiro atoms. The smallest absolute Gasteiger partial charge is 0.239 e. The summed E-state index contributed by atoms with van der Waals surface area (Å²) in [7, 11) is 3.41. The number of methoxy groups -OCH3 is 2. The third kappa shape index (κ3) is 2.43. The number of hydrogen-bond acceptors (Lipinski definition) is 3. The van der Waals surface area contributed by atoms with Crippen molar-refractivity contribution < 1.29 is 14.2 Å². The second-order valence-corrected chi connectivity index (χ2v) is 5.39. The number of aryl methyl sites for hydroxylation is 1. The van der Waals surface area contributed by atoms with E-state index in [0.29, 0.717) is 6.42 Å². The molecule has 0 bridgehead atoms. The molecule has 0 saturated carbocycles. The molecule has 110 valence electrons. The fourth-order valence-electron chi connectivity index (χ4n) is 2.85. The van der Waals surface area contributed by atoms with Gasteiger partial charge in [-0.15, -0.1) is 0 Å². The summed E-state index contributed by atoms with van der Waals surface area (Å²) in [4.78, 5) is 0. The van der Waals surface area contributed by atoms with Gasteiger partial charge in [0.2, 0.25) is 5.79 Å². The zero-order chi connectivity index (χ0) is 14.9. The molecule has 3 rings (SSSR count). The van der Waals surface area contributed by atoms with Gasteiger partial charge in [0, 0.05) is 31.8 Å². The summed E-state index contributed by atoms with van der Waals surface area (Å²) in [6.45, 7) is 2.07. The lowest BCUT2D eigenvalue weighted by atomic mass is 9.91. The minimum atomic E-state index is -0.803. The van der Waals surface area contributed by atoms with Crippen LogP contribution in [0.1, 0.15) is 29.2 Å². The van der Waals surface area contributed by atoms with Crippen LogP contribution in [0.4, 0.5) is 0 Å². The van der Waals surface area contributed by atoms with E-state index in [9.17, 15) is 0 Å². The molecule has 2 atom stereocenters. The molecular weight excluding hydrogens is 264 g/mol. The molecule has 1 aliphatic rings. The fourth-order valence-corrected chi connectivity index (χ4v) is 2.85. The van der Waals surface area contributed by atoms with Gasteiger partial charge in [-0.25, -0.2) is 0 Å². The summed E-state index contributed by atoms with van der Waals surface area (Å²) in [5.74, 6) is 0.0148. The Hall–Kier alpha value is -1.84. The largest absolute Gasteiger partial charge is 0.458 e. The van der Waals surface area contributed by atoms with Crippen molar-refractivity contribution in [1.29, 1.82) is 0 Å². The van der Waals surface area contributed by atoms with E-state index in [0.717, 1.165) is 16.9 Å². The highest BCUT2D eigenvalue weighted by Gasteiger charge is 2.43. The lowest BCUT2D eigenvalue weighted by Crippen LogP contribution is -2.40. The quantitative estimate of drug-likeness (QED) is 0.853. The van der Waals surface area contributed by atoms with Crippen LogP contribution in [0.5, 0.6) is 5.75 Å². The molecule has 2 unspecified atom stereocenters. The average molecular weight is 284 g/mol. The molecule has 0 amide bonds. The Morgan fingerprint density at radius 2 is 1.76 bits per heavy atom. The molecule has 2 aromatic rings.